The van der Waals surface area contributed by atoms with Crippen LogP contribution in [0.1, 0.15) is 35.3 Å². The number of nitrogens with two attached hydrogens (primary N) is 1. The van der Waals surface area contributed by atoms with Gasteiger partial charge in [0.15, 0.2) is 5.82 Å². The molecular formula is C20H25ClN8O. The number of nitrogen functional groups attached to an aromatic ring is 1. The first kappa shape index (κ1) is 19.2. The Morgan fingerprint density at radius 1 is 1.23 bits per heavy atom. The van der Waals surface area contributed by atoms with Crippen molar-refractivity contribution in [2.45, 2.75) is 32.0 Å². The van der Waals surface area contributed by atoms with Crippen molar-refractivity contribution in [3.63, 3.8) is 0 Å². The van der Waals surface area contributed by atoms with Crippen LogP contribution in [-0.2, 0) is 6.67 Å². The summed E-state index contributed by atoms with van der Waals surface area (Å²) in [5.41, 5.74) is 8.71. The zero-order valence-electron chi connectivity index (χ0n) is 16.7. The van der Waals surface area contributed by atoms with E-state index in [0.717, 1.165) is 31.6 Å². The normalized spacial score (nSPS) is 19.5. The molecule has 0 unspecified atom stereocenters. The van der Waals surface area contributed by atoms with Gasteiger partial charge in [0, 0.05) is 43.3 Å². The summed E-state index contributed by atoms with van der Waals surface area (Å²) in [5, 5.41) is 7.24. The predicted molar refractivity (Wildman–Crippen MR) is 117 cm³/mol. The monoisotopic (exact) mass is 428 g/mol. The van der Waals surface area contributed by atoms with E-state index in [-0.39, 0.29) is 11.7 Å². The molecule has 2 fully saturated rings. The number of pyridine rings is 1. The first-order valence-electron chi connectivity index (χ1n) is 10.3. The maximum Gasteiger partial charge on any atom is 0.261 e. The Labute approximate surface area is 180 Å². The van der Waals surface area contributed by atoms with Crippen LogP contribution in [0.2, 0.25) is 0 Å². The van der Waals surface area contributed by atoms with Gasteiger partial charge >= 0.3 is 0 Å². The number of aromatic nitrogens is 3. The minimum atomic E-state index is -0.300. The summed E-state index contributed by atoms with van der Waals surface area (Å²) in [6.07, 6.45) is 10.5. The highest BCUT2D eigenvalue weighted by atomic mass is 35.5. The molecule has 2 aromatic heterocycles. The average Bonchev–Trinajstić information content (AvgIpc) is 3.02. The Morgan fingerprint density at radius 3 is 2.77 bits per heavy atom. The summed E-state index contributed by atoms with van der Waals surface area (Å²) in [5.74, 6) is -0.119. The molecule has 5 rings (SSSR count). The highest BCUT2D eigenvalue weighted by molar-refractivity contribution is 6.14. The fourth-order valence-corrected chi connectivity index (χ4v) is 4.61. The van der Waals surface area contributed by atoms with Gasteiger partial charge in [0.25, 0.3) is 5.91 Å². The van der Waals surface area contributed by atoms with Crippen LogP contribution < -0.4 is 16.0 Å². The summed E-state index contributed by atoms with van der Waals surface area (Å²) in [6.45, 7) is 4.72. The van der Waals surface area contributed by atoms with Gasteiger partial charge in [-0.25, -0.2) is 4.68 Å². The molecule has 2 saturated heterocycles. The van der Waals surface area contributed by atoms with Gasteiger partial charge in [-0.15, -0.1) is 0 Å². The molecule has 10 heteroatoms. The standard InChI is InChI=1S/C20H25ClN8O/c21-28-11-5-17-18(19(22)25-29(17)13-28)20(30)24-15-12-23-6-2-16(15)27-9-3-14(4-10-27)26-7-1-8-26/h2,5-6,11-12,14H,1,3-4,7-10,13H2,(H2,22,25)(H,24,30). The number of carbonyl (C=O) groups is 1. The van der Waals surface area contributed by atoms with E-state index < -0.39 is 0 Å². The Kier molecular flexibility index (Phi) is 5.00. The summed E-state index contributed by atoms with van der Waals surface area (Å²) in [6, 6.07) is 2.64. The molecule has 30 heavy (non-hydrogen) atoms. The molecule has 3 aliphatic rings. The number of halogens is 1. The third-order valence-electron chi connectivity index (χ3n) is 6.17. The maximum atomic E-state index is 13.1. The molecular weight excluding hydrogens is 404 g/mol. The number of fused-ring (bicyclic) bond motifs is 1. The van der Waals surface area contributed by atoms with Crippen molar-refractivity contribution >= 4 is 41.0 Å². The van der Waals surface area contributed by atoms with Gasteiger partial charge in [-0.3, -0.25) is 14.2 Å². The van der Waals surface area contributed by atoms with E-state index in [9.17, 15) is 4.79 Å². The number of nitrogens with zero attached hydrogens (tertiary/aromatic N) is 6. The fourth-order valence-electron chi connectivity index (χ4n) is 4.45. The van der Waals surface area contributed by atoms with E-state index in [2.05, 4.69) is 25.2 Å². The molecule has 0 atom stereocenters. The van der Waals surface area contributed by atoms with Gasteiger partial charge in [0.1, 0.15) is 12.2 Å². The van der Waals surface area contributed by atoms with Gasteiger partial charge in [-0.05, 0) is 44.5 Å². The molecule has 9 nitrogen and oxygen atoms in total. The molecule has 0 spiro atoms. The molecule has 0 aliphatic carbocycles. The van der Waals surface area contributed by atoms with Gasteiger partial charge in [0.05, 0.1) is 23.3 Å². The quantitative estimate of drug-likeness (QED) is 0.720. The SMILES string of the molecule is Nc1nn2c(c1C(=O)Nc1cnccc1N1CCC(N3CCC3)CC1)C=CN(Cl)C2. The van der Waals surface area contributed by atoms with Crippen LogP contribution >= 0.6 is 11.8 Å². The number of piperidine rings is 1. The number of nitrogens with one attached hydrogen (secondary N) is 1. The molecule has 0 bridgehead atoms. The lowest BCUT2D eigenvalue weighted by Crippen LogP contribution is -2.50. The fraction of sp³-hybridized carbons (Fsp3) is 0.450. The van der Waals surface area contributed by atoms with E-state index in [1.807, 2.05) is 6.07 Å². The van der Waals surface area contributed by atoms with Crippen molar-refractivity contribution in [1.29, 1.82) is 0 Å². The number of anilines is 3. The van der Waals surface area contributed by atoms with E-state index in [0.29, 0.717) is 29.7 Å². The van der Waals surface area contributed by atoms with Crippen molar-refractivity contribution < 1.29 is 4.79 Å². The minimum absolute atomic E-state index is 0.180. The third kappa shape index (κ3) is 3.48. The van der Waals surface area contributed by atoms with Crippen molar-refractivity contribution in [3.05, 3.63) is 35.9 Å². The van der Waals surface area contributed by atoms with Crippen LogP contribution in [0.4, 0.5) is 17.2 Å². The third-order valence-corrected chi connectivity index (χ3v) is 6.39. The number of rotatable bonds is 4. The van der Waals surface area contributed by atoms with Crippen molar-refractivity contribution in [2.24, 2.45) is 0 Å². The Bertz CT molecular complexity index is 977. The van der Waals surface area contributed by atoms with Gasteiger partial charge in [-0.2, -0.15) is 5.10 Å². The molecule has 5 heterocycles. The van der Waals surface area contributed by atoms with Gasteiger partial charge in [0.2, 0.25) is 0 Å². The van der Waals surface area contributed by atoms with Crippen LogP contribution in [0.25, 0.3) is 6.08 Å². The predicted octanol–water partition coefficient (Wildman–Crippen LogP) is 2.18. The van der Waals surface area contributed by atoms with Crippen LogP contribution in [0, 0.1) is 0 Å². The van der Waals surface area contributed by atoms with Gasteiger partial charge < -0.3 is 20.9 Å². The largest absolute Gasteiger partial charge is 0.382 e. The lowest BCUT2D eigenvalue weighted by atomic mass is 9.99. The highest BCUT2D eigenvalue weighted by Gasteiger charge is 2.29. The van der Waals surface area contributed by atoms with Gasteiger partial charge in [-0.1, -0.05) is 0 Å². The molecule has 0 aromatic carbocycles. The summed E-state index contributed by atoms with van der Waals surface area (Å²) in [4.78, 5) is 22.2. The lowest BCUT2D eigenvalue weighted by Gasteiger charge is -2.43. The Balaban J connectivity index is 1.33. The van der Waals surface area contributed by atoms with Crippen molar-refractivity contribution in [3.8, 4) is 0 Å². The number of hydrogen-bond donors (Lipinski definition) is 2. The van der Waals surface area contributed by atoms with Crippen LogP contribution in [0.5, 0.6) is 0 Å². The van der Waals surface area contributed by atoms with Crippen molar-refractivity contribution in [2.75, 3.05) is 42.1 Å². The second-order valence-corrected chi connectivity index (χ2v) is 8.39. The highest BCUT2D eigenvalue weighted by Crippen LogP contribution is 2.31. The second kappa shape index (κ2) is 7.81. The van der Waals surface area contributed by atoms with Crippen LogP contribution in [-0.4, -0.2) is 62.2 Å². The Hall–Kier alpha value is -2.78. The molecule has 0 saturated carbocycles. The lowest BCUT2D eigenvalue weighted by molar-refractivity contribution is 0.100. The van der Waals surface area contributed by atoms with Crippen LogP contribution in [0.15, 0.2) is 24.7 Å². The Morgan fingerprint density at radius 2 is 2.03 bits per heavy atom. The van der Waals surface area contributed by atoms with E-state index >= 15 is 0 Å². The second-order valence-electron chi connectivity index (χ2n) is 7.96. The summed E-state index contributed by atoms with van der Waals surface area (Å²) in [7, 11) is 0. The molecule has 2 aromatic rings. The number of hydrogen-bond acceptors (Lipinski definition) is 7. The summed E-state index contributed by atoms with van der Waals surface area (Å²) < 4.78 is 3.06. The first-order chi connectivity index (χ1) is 14.6. The van der Waals surface area contributed by atoms with E-state index in [1.54, 1.807) is 29.4 Å². The molecule has 3 aliphatic heterocycles. The number of carbonyl (C=O) groups excluding carboxylic acids is 1. The number of likely N-dealkylation sites (tertiary alicyclic amines) is 1. The molecule has 3 N–H and O–H groups in total. The maximum absolute atomic E-state index is 13.1. The van der Waals surface area contributed by atoms with E-state index in [4.69, 9.17) is 17.5 Å². The molecule has 1 amide bonds. The van der Waals surface area contributed by atoms with Crippen molar-refractivity contribution in [1.82, 2.24) is 24.1 Å². The zero-order chi connectivity index (χ0) is 20.7. The molecule has 158 valence electrons. The first-order valence-corrected chi connectivity index (χ1v) is 10.7. The van der Waals surface area contributed by atoms with Crippen LogP contribution in [0.3, 0.4) is 0 Å². The smallest absolute Gasteiger partial charge is 0.261 e. The zero-order valence-corrected chi connectivity index (χ0v) is 17.4. The number of amides is 1. The average molecular weight is 429 g/mol. The summed E-state index contributed by atoms with van der Waals surface area (Å²) >= 11 is 5.99. The molecule has 0 radical (unpaired) electrons. The van der Waals surface area contributed by atoms with E-state index in [1.165, 1.54) is 23.9 Å². The topological polar surface area (TPSA) is 95.5 Å². The minimum Gasteiger partial charge on any atom is -0.382 e.